The van der Waals surface area contributed by atoms with Gasteiger partial charge in [-0.1, -0.05) is 36.4 Å². The molecule has 2 unspecified atom stereocenters. The lowest BCUT2D eigenvalue weighted by Crippen LogP contribution is -2.19. The molecule has 0 aliphatic carbocycles. The molecule has 0 radical (unpaired) electrons. The monoisotopic (exact) mass is 506 g/mol. The molecule has 2 atom stereocenters. The molecule has 0 saturated carbocycles. The number of nitro groups is 1. The van der Waals surface area contributed by atoms with Gasteiger partial charge in [-0.05, 0) is 23.8 Å². The molecule has 0 bridgehead atoms. The Balaban J connectivity index is 1.49. The fourth-order valence-electron chi connectivity index (χ4n) is 4.11. The summed E-state index contributed by atoms with van der Waals surface area (Å²) in [6.45, 7) is 0.349. The third-order valence-corrected chi connectivity index (χ3v) is 7.09. The number of rotatable bonds is 7. The molecule has 1 aromatic heterocycles. The number of nitrogens with two attached hydrogens (primary N) is 1. The largest absolute Gasteiger partial charge is 0.493 e. The van der Waals surface area contributed by atoms with Crippen molar-refractivity contribution in [3.63, 3.8) is 0 Å². The molecule has 36 heavy (non-hydrogen) atoms. The van der Waals surface area contributed by atoms with Gasteiger partial charge in [-0.2, -0.15) is 5.10 Å². The Labute approximate surface area is 207 Å². The van der Waals surface area contributed by atoms with Crippen LogP contribution in [-0.2, 0) is 17.7 Å². The van der Waals surface area contributed by atoms with Crippen LogP contribution in [0.25, 0.3) is 10.8 Å². The molecule has 0 fully saturated rings. The lowest BCUT2D eigenvalue weighted by Gasteiger charge is -2.28. The molecular weight excluding hydrogens is 483 g/mol. The second-order valence-corrected chi connectivity index (χ2v) is 9.66. The van der Waals surface area contributed by atoms with E-state index in [0.29, 0.717) is 41.3 Å². The Morgan fingerprint density at radius 1 is 1.17 bits per heavy atom. The van der Waals surface area contributed by atoms with Crippen LogP contribution in [0.5, 0.6) is 17.2 Å². The van der Waals surface area contributed by atoms with Gasteiger partial charge in [0, 0.05) is 25.2 Å². The highest BCUT2D eigenvalue weighted by Crippen LogP contribution is 2.48. The summed E-state index contributed by atoms with van der Waals surface area (Å²) in [6, 6.07) is 17.7. The van der Waals surface area contributed by atoms with Crippen LogP contribution in [0.3, 0.4) is 0 Å². The second kappa shape index (κ2) is 10.0. The van der Waals surface area contributed by atoms with Gasteiger partial charge in [0.1, 0.15) is 19.8 Å². The van der Waals surface area contributed by atoms with Crippen molar-refractivity contribution in [2.75, 3.05) is 6.61 Å². The number of benzene rings is 3. The van der Waals surface area contributed by atoms with Crippen LogP contribution in [0, 0.1) is 10.1 Å². The highest BCUT2D eigenvalue weighted by molar-refractivity contribution is 7.49. The van der Waals surface area contributed by atoms with Gasteiger partial charge >= 0.3 is 5.69 Å². The molecule has 3 aromatic carbocycles. The number of aryl methyl sites for hydroxylation is 1. The molecule has 2 N–H and O–H groups in total. The first-order valence-electron chi connectivity index (χ1n) is 11.2. The van der Waals surface area contributed by atoms with E-state index in [0.717, 1.165) is 5.56 Å². The fraction of sp³-hybridized carbons (Fsp3) is 0.200. The van der Waals surface area contributed by atoms with E-state index in [2.05, 4.69) is 5.10 Å². The molecule has 11 heteroatoms. The first-order valence-corrected chi connectivity index (χ1v) is 12.7. The zero-order chi connectivity index (χ0) is 25.2. The maximum Gasteiger partial charge on any atom is 0.315 e. The summed E-state index contributed by atoms with van der Waals surface area (Å²) in [7, 11) is 0.261. The van der Waals surface area contributed by atoms with Crippen molar-refractivity contribution >= 4 is 24.8 Å². The van der Waals surface area contributed by atoms with Gasteiger partial charge in [-0.25, -0.2) is 4.68 Å². The average Bonchev–Trinajstić information content (AvgIpc) is 2.87. The average molecular weight is 506 g/mol. The van der Waals surface area contributed by atoms with Gasteiger partial charge in [-0.3, -0.25) is 20.4 Å². The smallest absolute Gasteiger partial charge is 0.315 e. The normalized spacial score (nSPS) is 15.7. The molecule has 184 valence electrons. The van der Waals surface area contributed by atoms with Gasteiger partial charge in [0.15, 0.2) is 0 Å². The zero-order valence-electron chi connectivity index (χ0n) is 19.4. The van der Waals surface area contributed by atoms with Crippen LogP contribution in [-0.4, -0.2) is 21.3 Å². The van der Waals surface area contributed by atoms with E-state index >= 15 is 0 Å². The third kappa shape index (κ3) is 4.79. The predicted octanol–water partition coefficient (Wildman–Crippen LogP) is 4.95. The first-order chi connectivity index (χ1) is 17.4. The Morgan fingerprint density at radius 3 is 2.75 bits per heavy atom. The zero-order valence-corrected chi connectivity index (χ0v) is 20.3. The van der Waals surface area contributed by atoms with Gasteiger partial charge in [0.05, 0.1) is 40.7 Å². The van der Waals surface area contributed by atoms with Crippen molar-refractivity contribution in [2.45, 2.75) is 18.7 Å². The predicted molar refractivity (Wildman–Crippen MR) is 135 cm³/mol. The van der Waals surface area contributed by atoms with Crippen LogP contribution < -0.4 is 20.5 Å². The molecule has 0 spiro atoms. The Kier molecular flexibility index (Phi) is 6.65. The van der Waals surface area contributed by atoms with Crippen molar-refractivity contribution in [1.82, 2.24) is 9.78 Å². The summed E-state index contributed by atoms with van der Waals surface area (Å²) in [5, 5.41) is 16.8. The summed E-state index contributed by atoms with van der Waals surface area (Å²) in [5.74, 6) is 0.650. The van der Waals surface area contributed by atoms with Crippen LogP contribution in [0.15, 0.2) is 71.7 Å². The topological polar surface area (TPSA) is 132 Å². The Bertz CT molecular complexity index is 1490. The number of aromatic nitrogens is 2. The van der Waals surface area contributed by atoms with Crippen LogP contribution in [0.1, 0.15) is 23.7 Å². The van der Waals surface area contributed by atoms with E-state index in [4.69, 9.17) is 19.5 Å². The molecule has 0 saturated heterocycles. The summed E-state index contributed by atoms with van der Waals surface area (Å²) in [5.41, 5.74) is 7.49. The van der Waals surface area contributed by atoms with E-state index in [-0.39, 0.29) is 22.7 Å². The molecule has 1 aliphatic rings. The molecule has 2 heterocycles. The highest BCUT2D eigenvalue weighted by atomic mass is 31.2. The van der Waals surface area contributed by atoms with Gasteiger partial charge in [0.25, 0.3) is 5.56 Å². The number of nitrogens with zero attached hydrogens (tertiary/aromatic N) is 3. The van der Waals surface area contributed by atoms with Crippen molar-refractivity contribution in [3.05, 3.63) is 98.5 Å². The minimum atomic E-state index is -1.29. The maximum absolute atomic E-state index is 12.5. The number of nitro benzene ring substituents is 1. The van der Waals surface area contributed by atoms with Crippen LogP contribution in [0.4, 0.5) is 5.69 Å². The molecule has 5 rings (SSSR count). The van der Waals surface area contributed by atoms with Gasteiger partial charge < -0.3 is 14.0 Å². The van der Waals surface area contributed by atoms with Crippen molar-refractivity contribution < 1.29 is 18.9 Å². The Morgan fingerprint density at radius 2 is 1.97 bits per heavy atom. The van der Waals surface area contributed by atoms with Gasteiger partial charge in [0.2, 0.25) is 5.75 Å². The number of hydrogen-bond donors (Lipinski definition) is 1. The Hall–Kier alpha value is -3.85. The molecule has 0 amide bonds. The minimum Gasteiger partial charge on any atom is -0.493 e. The molecule has 4 aromatic rings. The lowest BCUT2D eigenvalue weighted by atomic mass is 10.0. The SMILES string of the molecule is Cn1ncc2c(Oc3cc4c(cc3[N+](=O)[O-])OCCC4OP(N)Cc3ccccc3)cccc2c1=O. The summed E-state index contributed by atoms with van der Waals surface area (Å²) < 4.78 is 19.2. The van der Waals surface area contributed by atoms with Crippen LogP contribution >= 0.6 is 8.30 Å². The minimum absolute atomic E-state index is 0.00966. The first kappa shape index (κ1) is 23.9. The molecular formula is C25H23N4O6P. The summed E-state index contributed by atoms with van der Waals surface area (Å²) in [4.78, 5) is 23.8. The lowest BCUT2D eigenvalue weighted by molar-refractivity contribution is -0.385. The van der Waals surface area contributed by atoms with E-state index in [1.165, 1.54) is 16.9 Å². The highest BCUT2D eigenvalue weighted by Gasteiger charge is 2.30. The van der Waals surface area contributed by atoms with Crippen molar-refractivity contribution in [1.29, 1.82) is 0 Å². The van der Waals surface area contributed by atoms with E-state index in [1.54, 1.807) is 31.3 Å². The molecule has 1 aliphatic heterocycles. The van der Waals surface area contributed by atoms with E-state index < -0.39 is 19.3 Å². The standard InChI is InChI=1S/C25H23N4O6P/c1-28-25(30)17-8-5-9-21(19(17)14-27-28)34-24-12-18-22(10-11-33-23(18)13-20(24)29(31)32)35-36(26)15-16-6-3-2-4-7-16/h2-9,12-14,22H,10-11,15,26H2,1H3. The van der Waals surface area contributed by atoms with Gasteiger partial charge in [-0.15, -0.1) is 0 Å². The van der Waals surface area contributed by atoms with Crippen molar-refractivity contribution in [3.8, 4) is 17.2 Å². The number of hydrogen-bond acceptors (Lipinski definition) is 8. The van der Waals surface area contributed by atoms with Crippen LogP contribution in [0.2, 0.25) is 0 Å². The number of fused-ring (bicyclic) bond motifs is 2. The van der Waals surface area contributed by atoms with E-state index in [9.17, 15) is 14.9 Å². The maximum atomic E-state index is 12.5. The molecule has 10 nitrogen and oxygen atoms in total. The second-order valence-electron chi connectivity index (χ2n) is 8.30. The summed E-state index contributed by atoms with van der Waals surface area (Å²) in [6.07, 6.45) is 2.22. The van der Waals surface area contributed by atoms with Crippen molar-refractivity contribution in [2.24, 2.45) is 12.6 Å². The van der Waals surface area contributed by atoms with E-state index in [1.807, 2.05) is 30.3 Å². The third-order valence-electron chi connectivity index (χ3n) is 5.89. The summed E-state index contributed by atoms with van der Waals surface area (Å²) >= 11 is 0. The quantitative estimate of drug-likeness (QED) is 0.212. The number of ether oxygens (including phenoxy) is 2. The fourth-order valence-corrected chi connectivity index (χ4v) is 5.30.